The fourth-order valence-electron chi connectivity index (χ4n) is 0.976. The summed E-state index contributed by atoms with van der Waals surface area (Å²) in [7, 11) is 0. The van der Waals surface area contributed by atoms with Gasteiger partial charge in [-0.25, -0.2) is 4.79 Å². The number of amides is 1. The number of carbonyl (C=O) groups is 2. The van der Waals surface area contributed by atoms with Crippen molar-refractivity contribution in [3.8, 4) is 0 Å². The molecule has 0 rings (SSSR count). The Kier molecular flexibility index (Phi) is 6.94. The minimum atomic E-state index is -0.524. The highest BCUT2D eigenvalue weighted by Gasteiger charge is 2.27. The zero-order valence-corrected chi connectivity index (χ0v) is 12.5. The fraction of sp³-hybridized carbons (Fsp3) is 0.818. The lowest BCUT2D eigenvalue weighted by molar-refractivity contribution is -0.148. The van der Waals surface area contributed by atoms with Crippen molar-refractivity contribution in [1.82, 2.24) is 5.32 Å². The molecule has 0 unspecified atom stereocenters. The minimum absolute atomic E-state index is 0.129. The third-order valence-electron chi connectivity index (χ3n) is 1.96. The molecule has 0 aliphatic heterocycles. The Bertz CT molecular complexity index is 248. The van der Waals surface area contributed by atoms with Gasteiger partial charge in [0.1, 0.15) is 6.04 Å². The molecule has 0 aromatic rings. The van der Waals surface area contributed by atoms with E-state index in [1.54, 1.807) is 6.92 Å². The second-order valence-corrected chi connectivity index (χ2v) is 5.58. The SMILES string of the molecule is CCOC(=O)[C@H](CCI)NC(=O)C(C)(C)C. The maximum Gasteiger partial charge on any atom is 0.328 e. The van der Waals surface area contributed by atoms with Crippen LogP contribution in [0, 0.1) is 5.41 Å². The highest BCUT2D eigenvalue weighted by molar-refractivity contribution is 14.1. The summed E-state index contributed by atoms with van der Waals surface area (Å²) in [6, 6.07) is -0.524. The van der Waals surface area contributed by atoms with Crippen LogP contribution in [-0.2, 0) is 14.3 Å². The zero-order chi connectivity index (χ0) is 12.8. The molecule has 0 aliphatic rings. The first kappa shape index (κ1) is 15.7. The van der Waals surface area contributed by atoms with Crippen LogP contribution in [0.5, 0.6) is 0 Å². The van der Waals surface area contributed by atoms with E-state index in [9.17, 15) is 9.59 Å². The molecule has 0 aliphatic carbocycles. The van der Waals surface area contributed by atoms with E-state index >= 15 is 0 Å². The lowest BCUT2D eigenvalue weighted by Gasteiger charge is -2.22. The van der Waals surface area contributed by atoms with Crippen LogP contribution in [0.3, 0.4) is 0 Å². The quantitative estimate of drug-likeness (QED) is 0.472. The van der Waals surface area contributed by atoms with E-state index in [1.807, 2.05) is 20.8 Å². The summed E-state index contributed by atoms with van der Waals surface area (Å²) in [5.41, 5.74) is -0.490. The van der Waals surface area contributed by atoms with Crippen molar-refractivity contribution in [3.05, 3.63) is 0 Å². The third-order valence-corrected chi connectivity index (χ3v) is 2.58. The van der Waals surface area contributed by atoms with E-state index in [4.69, 9.17) is 4.74 Å². The third kappa shape index (κ3) is 5.67. The van der Waals surface area contributed by atoms with Gasteiger partial charge in [-0.1, -0.05) is 43.4 Å². The number of esters is 1. The molecule has 0 aromatic carbocycles. The molecule has 0 bridgehead atoms. The lowest BCUT2D eigenvalue weighted by atomic mass is 9.95. The molecule has 5 heteroatoms. The molecular weight excluding hydrogens is 321 g/mol. The van der Waals surface area contributed by atoms with Gasteiger partial charge in [0.05, 0.1) is 6.61 Å². The predicted octanol–water partition coefficient (Wildman–Crippen LogP) is 1.91. The first-order valence-corrected chi connectivity index (χ1v) is 6.89. The number of hydrogen-bond acceptors (Lipinski definition) is 3. The molecule has 94 valence electrons. The summed E-state index contributed by atoms with van der Waals surface area (Å²) in [6.07, 6.45) is 0.598. The van der Waals surface area contributed by atoms with Gasteiger partial charge in [0.2, 0.25) is 5.91 Å². The largest absolute Gasteiger partial charge is 0.464 e. The average molecular weight is 341 g/mol. The highest BCUT2D eigenvalue weighted by atomic mass is 127. The summed E-state index contributed by atoms with van der Waals surface area (Å²) in [6.45, 7) is 7.53. The minimum Gasteiger partial charge on any atom is -0.464 e. The van der Waals surface area contributed by atoms with Crippen LogP contribution in [0.25, 0.3) is 0 Å². The summed E-state index contributed by atoms with van der Waals surface area (Å²) in [4.78, 5) is 23.3. The van der Waals surface area contributed by atoms with Crippen molar-refractivity contribution in [2.24, 2.45) is 5.41 Å². The smallest absolute Gasteiger partial charge is 0.328 e. The molecule has 0 saturated carbocycles. The van der Waals surface area contributed by atoms with Crippen molar-refractivity contribution >= 4 is 34.5 Å². The molecule has 1 amide bonds. The second kappa shape index (κ2) is 7.09. The van der Waals surface area contributed by atoms with E-state index in [2.05, 4.69) is 27.9 Å². The molecule has 0 aromatic heterocycles. The van der Waals surface area contributed by atoms with Gasteiger partial charge in [-0.2, -0.15) is 0 Å². The predicted molar refractivity (Wildman–Crippen MR) is 71.5 cm³/mol. The number of halogens is 1. The van der Waals surface area contributed by atoms with Crippen molar-refractivity contribution in [3.63, 3.8) is 0 Å². The van der Waals surface area contributed by atoms with Crippen LogP contribution in [0.1, 0.15) is 34.1 Å². The zero-order valence-electron chi connectivity index (χ0n) is 10.3. The van der Waals surface area contributed by atoms with Crippen molar-refractivity contribution in [2.75, 3.05) is 11.0 Å². The van der Waals surface area contributed by atoms with Crippen LogP contribution in [0.15, 0.2) is 0 Å². The Balaban J connectivity index is 4.45. The number of nitrogens with one attached hydrogen (secondary N) is 1. The topological polar surface area (TPSA) is 55.4 Å². The van der Waals surface area contributed by atoms with Crippen LogP contribution >= 0.6 is 22.6 Å². The van der Waals surface area contributed by atoms with Gasteiger partial charge in [-0.05, 0) is 13.3 Å². The monoisotopic (exact) mass is 341 g/mol. The number of carbonyl (C=O) groups excluding carboxylic acids is 2. The Morgan fingerprint density at radius 3 is 2.31 bits per heavy atom. The maximum atomic E-state index is 11.7. The molecule has 1 atom stereocenters. The molecule has 1 N–H and O–H groups in total. The number of ether oxygens (including phenoxy) is 1. The molecular formula is C11H20INO3. The molecule has 0 fully saturated rings. The first-order valence-electron chi connectivity index (χ1n) is 5.36. The Morgan fingerprint density at radius 2 is 1.94 bits per heavy atom. The van der Waals surface area contributed by atoms with E-state index in [-0.39, 0.29) is 11.9 Å². The van der Waals surface area contributed by atoms with Gasteiger partial charge in [-0.15, -0.1) is 0 Å². The van der Waals surface area contributed by atoms with Crippen molar-refractivity contribution < 1.29 is 14.3 Å². The van der Waals surface area contributed by atoms with E-state index in [0.29, 0.717) is 13.0 Å². The van der Waals surface area contributed by atoms with Crippen LogP contribution < -0.4 is 5.32 Å². The Morgan fingerprint density at radius 1 is 1.38 bits per heavy atom. The van der Waals surface area contributed by atoms with Gasteiger partial charge >= 0.3 is 5.97 Å². The van der Waals surface area contributed by atoms with Crippen LogP contribution in [0.4, 0.5) is 0 Å². The molecule has 0 heterocycles. The first-order chi connectivity index (χ1) is 7.32. The summed E-state index contributed by atoms with van der Waals surface area (Å²) < 4.78 is 5.71. The van der Waals surface area contributed by atoms with Gasteiger partial charge in [0.15, 0.2) is 0 Å². The highest BCUT2D eigenvalue weighted by Crippen LogP contribution is 2.13. The van der Waals surface area contributed by atoms with Gasteiger partial charge in [0, 0.05) is 9.84 Å². The summed E-state index contributed by atoms with van der Waals surface area (Å²) in [5.74, 6) is -0.479. The molecule has 16 heavy (non-hydrogen) atoms. The molecule has 0 radical (unpaired) electrons. The van der Waals surface area contributed by atoms with E-state index < -0.39 is 11.5 Å². The van der Waals surface area contributed by atoms with Gasteiger partial charge in [-0.3, -0.25) is 4.79 Å². The van der Waals surface area contributed by atoms with Crippen LogP contribution in [-0.4, -0.2) is 29.0 Å². The molecule has 0 saturated heterocycles. The molecule has 4 nitrogen and oxygen atoms in total. The maximum absolute atomic E-state index is 11.7. The standard InChI is InChI=1S/C11H20INO3/c1-5-16-9(14)8(6-7-12)13-10(15)11(2,3)4/h8H,5-7H2,1-4H3,(H,13,15)/t8-/m0/s1. The number of alkyl halides is 1. The summed E-state index contributed by atoms with van der Waals surface area (Å²) in [5, 5.41) is 2.72. The number of rotatable bonds is 5. The van der Waals surface area contributed by atoms with Crippen LogP contribution in [0.2, 0.25) is 0 Å². The van der Waals surface area contributed by atoms with Gasteiger partial charge < -0.3 is 10.1 Å². The fourth-order valence-corrected chi connectivity index (χ4v) is 1.60. The summed E-state index contributed by atoms with van der Waals surface area (Å²) >= 11 is 2.17. The van der Waals surface area contributed by atoms with Gasteiger partial charge in [0.25, 0.3) is 0 Å². The molecule has 0 spiro atoms. The lowest BCUT2D eigenvalue weighted by Crippen LogP contribution is -2.46. The number of hydrogen-bond donors (Lipinski definition) is 1. The average Bonchev–Trinajstić information content (AvgIpc) is 2.15. The van der Waals surface area contributed by atoms with Crippen molar-refractivity contribution in [2.45, 2.75) is 40.2 Å². The van der Waals surface area contributed by atoms with Crippen molar-refractivity contribution in [1.29, 1.82) is 0 Å². The Labute approximate surface area is 111 Å². The second-order valence-electron chi connectivity index (χ2n) is 4.51. The van der Waals surface area contributed by atoms with E-state index in [0.717, 1.165) is 4.43 Å². The normalized spacial score (nSPS) is 13.1. The Hall–Kier alpha value is -0.330. The van der Waals surface area contributed by atoms with E-state index in [1.165, 1.54) is 0 Å².